The second-order valence-electron chi connectivity index (χ2n) is 24.4. The molecule has 0 bridgehead atoms. The van der Waals surface area contributed by atoms with Crippen LogP contribution in [0.25, 0.3) is 0 Å². The molecule has 3 aliphatic heterocycles. The summed E-state index contributed by atoms with van der Waals surface area (Å²) in [7, 11) is -32.3. The lowest BCUT2D eigenvalue weighted by Gasteiger charge is -2.44. The molecule has 0 spiro atoms. The largest absolute Gasteiger partial charge is 0.437 e. The van der Waals surface area contributed by atoms with Gasteiger partial charge in [-0.05, 0) is 194 Å². The first kappa shape index (κ1) is 59.8. The van der Waals surface area contributed by atoms with Crippen molar-refractivity contribution in [3.8, 4) is 0 Å². The minimum absolute atomic E-state index is 0.526. The van der Waals surface area contributed by atoms with Gasteiger partial charge in [0.1, 0.15) is 0 Å². The van der Waals surface area contributed by atoms with Gasteiger partial charge in [0.05, 0.1) is 6.23 Å². The van der Waals surface area contributed by atoms with Crippen molar-refractivity contribution in [2.45, 2.75) is 205 Å². The zero-order valence-electron chi connectivity index (χ0n) is 44.6. The third-order valence-corrected chi connectivity index (χ3v) is 73.6. The van der Waals surface area contributed by atoms with Crippen LogP contribution in [0.5, 0.6) is 0 Å². The second-order valence-corrected chi connectivity index (χ2v) is 78.9. The highest BCUT2D eigenvalue weighted by molar-refractivity contribution is 6.99. The normalized spacial score (nSPS) is 31.3. The molecule has 3 saturated heterocycles. The Bertz CT molecular complexity index is 1500. The van der Waals surface area contributed by atoms with Gasteiger partial charge in [0.25, 0.3) is 0 Å². The van der Waals surface area contributed by atoms with E-state index in [0.29, 0.717) is 12.8 Å². The van der Waals surface area contributed by atoms with Crippen molar-refractivity contribution in [3.63, 3.8) is 0 Å². The SMILES string of the molecule is C[SiH](O[Si](C)(C)O[Si](C)(C)C[Si]1(C)OCCC[Si](C)(C)O1)O[Si](C)(C)O[Si](C)(C)C[Si]1(C)OCCC[Si](C)(C[Si](C)(C)O[Si](C)(C)OC[Si]2(C)OCCC[Si](C)(C)O2)O[Si](C)(C)O1. The highest BCUT2D eigenvalue weighted by atomic mass is 28.5. The summed E-state index contributed by atoms with van der Waals surface area (Å²) in [5.74, 6) is 0. The molecule has 0 aromatic carbocycles. The van der Waals surface area contributed by atoms with Crippen molar-refractivity contribution in [2.75, 3.05) is 26.1 Å². The lowest BCUT2D eigenvalue weighted by Crippen LogP contribution is -2.60. The Labute approximate surface area is 402 Å². The maximum atomic E-state index is 7.36. The fourth-order valence-electron chi connectivity index (χ4n) is 11.0. The minimum Gasteiger partial charge on any atom is -0.437 e. The molecule has 0 radical (unpaired) electrons. The third-order valence-electron chi connectivity index (χ3n) is 11.3. The van der Waals surface area contributed by atoms with E-state index in [9.17, 15) is 0 Å². The number of rotatable bonds is 19. The molecule has 13 nitrogen and oxygen atoms in total. The zero-order chi connectivity index (χ0) is 48.5. The molecule has 0 saturated carbocycles. The highest BCUT2D eigenvalue weighted by Crippen LogP contribution is 2.38. The molecule has 27 heteroatoms. The third kappa shape index (κ3) is 22.2. The van der Waals surface area contributed by atoms with Crippen molar-refractivity contribution < 1.29 is 54.7 Å². The molecule has 3 aliphatic rings. The van der Waals surface area contributed by atoms with Crippen LogP contribution < -0.4 is 0 Å². The topological polar surface area (TPSA) is 120 Å². The fraction of sp³-hybridized carbons (Fsp3) is 1.00. The van der Waals surface area contributed by atoms with Crippen LogP contribution in [-0.2, 0) is 54.7 Å². The Kier molecular flexibility index (Phi) is 20.6. The maximum Gasteiger partial charge on any atom is 0.350 e. The van der Waals surface area contributed by atoms with E-state index in [1.165, 1.54) is 0 Å². The van der Waals surface area contributed by atoms with Gasteiger partial charge >= 0.3 is 69.2 Å². The van der Waals surface area contributed by atoms with Crippen LogP contribution >= 0.6 is 0 Å². The number of hydrogen-bond donors (Lipinski definition) is 0. The van der Waals surface area contributed by atoms with Crippen LogP contribution in [0.3, 0.4) is 0 Å². The lowest BCUT2D eigenvalue weighted by atomic mass is 10.5. The van der Waals surface area contributed by atoms with Crippen LogP contribution in [0.2, 0.25) is 186 Å². The van der Waals surface area contributed by atoms with Crippen molar-refractivity contribution in [2.24, 2.45) is 0 Å². The van der Waals surface area contributed by atoms with E-state index in [1.807, 2.05) is 0 Å². The van der Waals surface area contributed by atoms with Gasteiger partial charge in [-0.1, -0.05) is 0 Å². The average molecular weight is 1130 g/mol. The molecule has 63 heavy (non-hydrogen) atoms. The van der Waals surface area contributed by atoms with E-state index < -0.39 is 119 Å². The smallest absolute Gasteiger partial charge is 0.350 e. The Morgan fingerprint density at radius 1 is 0.444 bits per heavy atom. The summed E-state index contributed by atoms with van der Waals surface area (Å²) in [6, 6.07) is 3.31. The van der Waals surface area contributed by atoms with Crippen molar-refractivity contribution in [1.29, 1.82) is 0 Å². The van der Waals surface area contributed by atoms with E-state index in [4.69, 9.17) is 54.7 Å². The molecule has 3 rings (SSSR count). The van der Waals surface area contributed by atoms with E-state index in [2.05, 4.69) is 151 Å². The minimum atomic E-state index is -2.70. The lowest BCUT2D eigenvalue weighted by molar-refractivity contribution is 0.200. The molecule has 0 N–H and O–H groups in total. The van der Waals surface area contributed by atoms with E-state index in [0.717, 1.165) is 67.6 Å². The van der Waals surface area contributed by atoms with E-state index in [-0.39, 0.29) is 0 Å². The van der Waals surface area contributed by atoms with Gasteiger partial charge in [-0.25, -0.2) is 0 Å². The van der Waals surface area contributed by atoms with Crippen LogP contribution in [0.1, 0.15) is 19.3 Å². The van der Waals surface area contributed by atoms with Crippen LogP contribution in [0, 0.1) is 0 Å². The molecule has 0 aromatic heterocycles. The Morgan fingerprint density at radius 3 is 1.27 bits per heavy atom. The molecule has 3 fully saturated rings. The standard InChI is InChI=1S/C36H96O13Si14/c1-50(41-57(14,15)44-54(8,9)35-62(22)38-28-25-31-52(4,5)47-62)42-58(16,17)45-55(10,11)36-63(23)39-29-26-32-60(20,48-59(18,19)49-63)34-53(6,7)43-56(12,13)40-33-61(21)37-27-24-30-51(2,3)46-61/h50H,24-36H2,1-23H3. The summed E-state index contributed by atoms with van der Waals surface area (Å²) in [5.41, 5.74) is 2.70. The average Bonchev–Trinajstić information content (AvgIpc) is 3.19. The first-order chi connectivity index (χ1) is 28.0. The van der Waals surface area contributed by atoms with Gasteiger partial charge in [0, 0.05) is 31.2 Å². The molecule has 0 aromatic rings. The fourth-order valence-corrected chi connectivity index (χ4v) is 90.3. The molecular formula is C36H96O13Si14. The molecule has 5 atom stereocenters. The summed E-state index contributed by atoms with van der Waals surface area (Å²) in [4.78, 5) is 0. The van der Waals surface area contributed by atoms with Crippen molar-refractivity contribution in [1.82, 2.24) is 0 Å². The van der Waals surface area contributed by atoms with Gasteiger partial charge in [-0.2, -0.15) is 0 Å². The monoisotopic (exact) mass is 1130 g/mol. The molecule has 0 amide bonds. The molecule has 374 valence electrons. The zero-order valence-corrected chi connectivity index (χ0v) is 58.7. The molecule has 0 aliphatic carbocycles. The van der Waals surface area contributed by atoms with Gasteiger partial charge < -0.3 is 54.7 Å². The van der Waals surface area contributed by atoms with Crippen molar-refractivity contribution in [3.05, 3.63) is 0 Å². The molecule has 3 heterocycles. The molecule has 5 unspecified atom stereocenters. The predicted molar refractivity (Wildman–Crippen MR) is 293 cm³/mol. The van der Waals surface area contributed by atoms with Crippen LogP contribution in [0.4, 0.5) is 0 Å². The van der Waals surface area contributed by atoms with Gasteiger partial charge in [0.15, 0.2) is 49.9 Å². The van der Waals surface area contributed by atoms with Gasteiger partial charge in [-0.3, -0.25) is 0 Å². The first-order valence-corrected chi connectivity index (χ1v) is 63.2. The van der Waals surface area contributed by atoms with Crippen LogP contribution in [0.15, 0.2) is 0 Å². The second kappa shape index (κ2) is 21.7. The Morgan fingerprint density at radius 2 is 0.810 bits per heavy atom. The van der Waals surface area contributed by atoms with Crippen LogP contribution in [-0.4, -0.2) is 145 Å². The summed E-state index contributed by atoms with van der Waals surface area (Å²) in [6.45, 7) is 54.1. The quantitative estimate of drug-likeness (QED) is 0.114. The molecular weight excluding hydrogens is 1030 g/mol. The van der Waals surface area contributed by atoms with E-state index in [1.54, 1.807) is 0 Å². The summed E-state index contributed by atoms with van der Waals surface area (Å²) in [6.07, 6.45) is 3.64. The summed E-state index contributed by atoms with van der Waals surface area (Å²) >= 11 is 0. The Hall–Kier alpha value is 2.52. The summed E-state index contributed by atoms with van der Waals surface area (Å²) in [5, 5.41) is 0. The summed E-state index contributed by atoms with van der Waals surface area (Å²) < 4.78 is 89.4. The predicted octanol–water partition coefficient (Wildman–Crippen LogP) is 11.0. The van der Waals surface area contributed by atoms with E-state index >= 15 is 0 Å². The Balaban J connectivity index is 1.61. The van der Waals surface area contributed by atoms with Crippen molar-refractivity contribution >= 4 is 119 Å². The highest BCUT2D eigenvalue weighted by Gasteiger charge is 2.53. The maximum absolute atomic E-state index is 7.36. The number of hydrogen-bond acceptors (Lipinski definition) is 13. The van der Waals surface area contributed by atoms with Gasteiger partial charge in [0.2, 0.25) is 0 Å². The van der Waals surface area contributed by atoms with Gasteiger partial charge in [-0.15, -0.1) is 0 Å². The first-order valence-electron chi connectivity index (χ1n) is 23.8.